The molecule has 4 nitrogen and oxygen atoms in total. The average molecular weight is 354 g/mol. The van der Waals surface area contributed by atoms with Gasteiger partial charge in [-0.1, -0.05) is 41.6 Å². The number of rotatable bonds is 4. The molecule has 0 bridgehead atoms. The van der Waals surface area contributed by atoms with Gasteiger partial charge in [0, 0.05) is 10.4 Å². The molecule has 3 aromatic rings. The standard InChI is InChI=1S/C20H16ClNO3/c1-14-12-16(8-9-17(14)21)24-11-5-4-10-22-18-13-15-6-2-3-7-19(15)25-20(18)23/h2-3,6-9,12-13,22H,10-11H2,1H3. The van der Waals surface area contributed by atoms with E-state index in [1.54, 1.807) is 24.3 Å². The maximum atomic E-state index is 11.9. The fourth-order valence-electron chi connectivity index (χ4n) is 2.26. The van der Waals surface area contributed by atoms with E-state index in [0.717, 1.165) is 16.7 Å². The van der Waals surface area contributed by atoms with Crippen molar-refractivity contribution in [2.45, 2.75) is 6.92 Å². The lowest BCUT2D eigenvalue weighted by Gasteiger charge is -2.04. The zero-order valence-electron chi connectivity index (χ0n) is 13.6. The zero-order valence-corrected chi connectivity index (χ0v) is 14.4. The van der Waals surface area contributed by atoms with Crippen LogP contribution in [0.5, 0.6) is 5.75 Å². The first-order valence-electron chi connectivity index (χ1n) is 7.75. The van der Waals surface area contributed by atoms with Gasteiger partial charge in [0.15, 0.2) is 0 Å². The number of benzene rings is 2. The van der Waals surface area contributed by atoms with Gasteiger partial charge in [0.05, 0.1) is 6.54 Å². The summed E-state index contributed by atoms with van der Waals surface area (Å²) in [6.45, 7) is 2.50. The Morgan fingerprint density at radius 3 is 2.84 bits per heavy atom. The van der Waals surface area contributed by atoms with Crippen LogP contribution < -0.4 is 15.7 Å². The van der Waals surface area contributed by atoms with Gasteiger partial charge in [-0.15, -0.1) is 0 Å². The number of halogens is 1. The fraction of sp³-hybridized carbons (Fsp3) is 0.150. The molecular formula is C20H16ClNO3. The molecule has 0 aliphatic rings. The Balaban J connectivity index is 1.55. The first kappa shape index (κ1) is 16.9. The molecule has 0 spiro atoms. The normalized spacial score (nSPS) is 10.2. The summed E-state index contributed by atoms with van der Waals surface area (Å²) in [5.74, 6) is 6.53. The number of aryl methyl sites for hydroxylation is 1. The molecule has 0 aliphatic heterocycles. The molecule has 1 aromatic heterocycles. The first-order chi connectivity index (χ1) is 12.1. The van der Waals surface area contributed by atoms with Gasteiger partial charge in [0.2, 0.25) is 0 Å². The predicted octanol–water partition coefficient (Wildman–Crippen LogP) is 4.25. The Bertz CT molecular complexity index is 1010. The molecule has 1 N–H and O–H groups in total. The van der Waals surface area contributed by atoms with Gasteiger partial charge in [-0.3, -0.25) is 0 Å². The molecule has 5 heteroatoms. The topological polar surface area (TPSA) is 51.5 Å². The molecule has 0 saturated heterocycles. The van der Waals surface area contributed by atoms with Crippen LogP contribution in [0.15, 0.2) is 57.7 Å². The van der Waals surface area contributed by atoms with Gasteiger partial charge >= 0.3 is 5.63 Å². The van der Waals surface area contributed by atoms with Gasteiger partial charge in [0.1, 0.15) is 23.6 Å². The van der Waals surface area contributed by atoms with E-state index >= 15 is 0 Å². The monoisotopic (exact) mass is 353 g/mol. The largest absolute Gasteiger partial charge is 0.481 e. The van der Waals surface area contributed by atoms with E-state index in [2.05, 4.69) is 17.2 Å². The highest BCUT2D eigenvalue weighted by Gasteiger charge is 2.03. The Morgan fingerprint density at radius 1 is 1.16 bits per heavy atom. The molecule has 0 fully saturated rings. The van der Waals surface area contributed by atoms with Gasteiger partial charge in [0.25, 0.3) is 0 Å². The van der Waals surface area contributed by atoms with Crippen LogP contribution in [-0.4, -0.2) is 13.2 Å². The summed E-state index contributed by atoms with van der Waals surface area (Å²) in [6, 6.07) is 14.6. The van der Waals surface area contributed by atoms with Crippen molar-refractivity contribution in [1.29, 1.82) is 0 Å². The first-order valence-corrected chi connectivity index (χ1v) is 8.13. The van der Waals surface area contributed by atoms with Gasteiger partial charge in [-0.05, 0) is 42.8 Å². The molecule has 25 heavy (non-hydrogen) atoms. The van der Waals surface area contributed by atoms with Crippen LogP contribution in [-0.2, 0) is 0 Å². The molecule has 126 valence electrons. The van der Waals surface area contributed by atoms with Gasteiger partial charge in [-0.2, -0.15) is 0 Å². The zero-order chi connectivity index (χ0) is 17.6. The summed E-state index contributed by atoms with van der Waals surface area (Å²) in [6.07, 6.45) is 0. The van der Waals surface area contributed by atoms with Crippen LogP contribution in [0.2, 0.25) is 5.02 Å². The lowest BCUT2D eigenvalue weighted by atomic mass is 10.2. The summed E-state index contributed by atoms with van der Waals surface area (Å²) in [5, 5.41) is 4.53. The molecule has 0 saturated carbocycles. The number of anilines is 1. The predicted molar refractivity (Wildman–Crippen MR) is 100 cm³/mol. The van der Waals surface area contributed by atoms with E-state index in [1.807, 2.05) is 31.2 Å². The fourth-order valence-corrected chi connectivity index (χ4v) is 2.38. The van der Waals surface area contributed by atoms with Crippen LogP contribution >= 0.6 is 11.6 Å². The van der Waals surface area contributed by atoms with E-state index in [4.69, 9.17) is 20.8 Å². The minimum absolute atomic E-state index is 0.259. The smallest absolute Gasteiger partial charge is 0.359 e. The number of ether oxygens (including phenoxy) is 1. The van der Waals surface area contributed by atoms with Crippen molar-refractivity contribution in [1.82, 2.24) is 0 Å². The van der Waals surface area contributed by atoms with Crippen molar-refractivity contribution in [3.8, 4) is 17.6 Å². The highest BCUT2D eigenvalue weighted by molar-refractivity contribution is 6.31. The Kier molecular flexibility index (Phi) is 5.27. The molecular weight excluding hydrogens is 338 g/mol. The van der Waals surface area contributed by atoms with Gasteiger partial charge in [-0.25, -0.2) is 4.79 Å². The lowest BCUT2D eigenvalue weighted by Crippen LogP contribution is -2.10. The Labute approximate surface area is 150 Å². The minimum atomic E-state index is -0.409. The number of fused-ring (bicyclic) bond motifs is 1. The third-order valence-corrected chi connectivity index (χ3v) is 4.00. The summed E-state index contributed by atoms with van der Waals surface area (Å²) in [4.78, 5) is 11.9. The third-order valence-electron chi connectivity index (χ3n) is 3.57. The van der Waals surface area contributed by atoms with Crippen molar-refractivity contribution in [2.24, 2.45) is 0 Å². The van der Waals surface area contributed by atoms with Crippen molar-refractivity contribution < 1.29 is 9.15 Å². The molecule has 0 aliphatic carbocycles. The molecule has 0 atom stereocenters. The average Bonchev–Trinajstić information content (AvgIpc) is 2.61. The number of para-hydroxylation sites is 1. The van der Waals surface area contributed by atoms with E-state index in [0.29, 0.717) is 22.8 Å². The maximum Gasteiger partial charge on any atom is 0.359 e. The summed E-state index contributed by atoms with van der Waals surface area (Å²) in [5.41, 5.74) is 1.50. The van der Waals surface area contributed by atoms with Crippen LogP contribution in [0.4, 0.5) is 5.69 Å². The van der Waals surface area contributed by atoms with E-state index in [1.165, 1.54) is 0 Å². The minimum Gasteiger partial charge on any atom is -0.481 e. The van der Waals surface area contributed by atoms with E-state index in [9.17, 15) is 4.79 Å². The number of nitrogens with one attached hydrogen (secondary N) is 1. The number of hydrogen-bond donors (Lipinski definition) is 1. The van der Waals surface area contributed by atoms with Crippen molar-refractivity contribution in [3.63, 3.8) is 0 Å². The Morgan fingerprint density at radius 2 is 2.00 bits per heavy atom. The Hall–Kier alpha value is -2.90. The van der Waals surface area contributed by atoms with Gasteiger partial charge < -0.3 is 14.5 Å². The van der Waals surface area contributed by atoms with Crippen molar-refractivity contribution >= 4 is 28.3 Å². The lowest BCUT2D eigenvalue weighted by molar-refractivity contribution is 0.370. The summed E-state index contributed by atoms with van der Waals surface area (Å²) in [7, 11) is 0. The van der Waals surface area contributed by atoms with Crippen LogP contribution in [0, 0.1) is 18.8 Å². The quantitative estimate of drug-likeness (QED) is 0.562. The van der Waals surface area contributed by atoms with Crippen molar-refractivity contribution in [3.05, 3.63) is 69.5 Å². The molecule has 0 unspecified atom stereocenters. The van der Waals surface area contributed by atoms with Crippen LogP contribution in [0.1, 0.15) is 5.56 Å². The highest BCUT2D eigenvalue weighted by Crippen LogP contribution is 2.20. The molecule has 1 heterocycles. The van der Waals surface area contributed by atoms with Crippen LogP contribution in [0.25, 0.3) is 11.0 Å². The van der Waals surface area contributed by atoms with E-state index in [-0.39, 0.29) is 6.61 Å². The molecule has 2 aromatic carbocycles. The SMILES string of the molecule is Cc1cc(OCC#CCNc2cc3ccccc3oc2=O)ccc1Cl. The summed E-state index contributed by atoms with van der Waals surface area (Å²) >= 11 is 5.97. The molecule has 0 amide bonds. The second-order valence-corrected chi connectivity index (χ2v) is 5.80. The molecule has 0 radical (unpaired) electrons. The third kappa shape index (κ3) is 4.34. The highest BCUT2D eigenvalue weighted by atomic mass is 35.5. The summed E-state index contributed by atoms with van der Waals surface area (Å²) < 4.78 is 10.8. The van der Waals surface area contributed by atoms with Crippen molar-refractivity contribution in [2.75, 3.05) is 18.5 Å². The number of hydrogen-bond acceptors (Lipinski definition) is 4. The maximum absolute atomic E-state index is 11.9. The van der Waals surface area contributed by atoms with Crippen LogP contribution in [0.3, 0.4) is 0 Å². The second-order valence-electron chi connectivity index (χ2n) is 5.39. The second kappa shape index (κ2) is 7.78. The van der Waals surface area contributed by atoms with E-state index < -0.39 is 5.63 Å². The molecule has 3 rings (SSSR count).